The number of hydrogen-bond acceptors (Lipinski definition) is 6. The Morgan fingerprint density at radius 2 is 1.50 bits per heavy atom. The largest absolute Gasteiger partial charge is 0.618 e. The molecule has 160 valence electrons. The lowest BCUT2D eigenvalue weighted by molar-refractivity contribution is -0.594. The molecule has 0 unspecified atom stereocenters. The van der Waals surface area contributed by atoms with Crippen molar-refractivity contribution in [3.63, 3.8) is 0 Å². The summed E-state index contributed by atoms with van der Waals surface area (Å²) in [5.74, 6) is -0.678. The van der Waals surface area contributed by atoms with Crippen molar-refractivity contribution in [3.05, 3.63) is 107 Å². The Hall–Kier alpha value is -4.46. The van der Waals surface area contributed by atoms with E-state index in [2.05, 4.69) is 9.97 Å². The van der Waals surface area contributed by atoms with Gasteiger partial charge in [-0.05, 0) is 17.2 Å². The zero-order valence-electron chi connectivity index (χ0n) is 16.9. The van der Waals surface area contributed by atoms with Crippen molar-refractivity contribution >= 4 is 5.97 Å². The molecule has 0 aliphatic rings. The molecular formula is C24H19N3O5. The molecule has 4 rings (SSSR count). The number of benzene rings is 2. The first-order valence-electron chi connectivity index (χ1n) is 9.77. The average Bonchev–Trinajstić information content (AvgIpc) is 2.83. The molecule has 0 saturated carbocycles. The third kappa shape index (κ3) is 4.99. The van der Waals surface area contributed by atoms with E-state index in [1.54, 1.807) is 0 Å². The molecule has 0 atom stereocenters. The van der Waals surface area contributed by atoms with Gasteiger partial charge in [0.15, 0.2) is 11.4 Å². The fraction of sp³-hybridized carbons (Fsp3) is 0.0833. The van der Waals surface area contributed by atoms with Crippen LogP contribution >= 0.6 is 0 Å². The maximum absolute atomic E-state index is 12.7. The Labute approximate surface area is 183 Å². The monoisotopic (exact) mass is 429 g/mol. The van der Waals surface area contributed by atoms with Gasteiger partial charge in [-0.1, -0.05) is 60.7 Å². The topological polar surface area (TPSA) is 108 Å². The van der Waals surface area contributed by atoms with E-state index < -0.39 is 5.97 Å². The Kier molecular flexibility index (Phi) is 6.22. The van der Waals surface area contributed by atoms with Crippen LogP contribution in [0.1, 0.15) is 21.6 Å². The highest BCUT2D eigenvalue weighted by Gasteiger charge is 2.21. The summed E-state index contributed by atoms with van der Waals surface area (Å²) in [5, 5.41) is 21.9. The highest BCUT2D eigenvalue weighted by Crippen LogP contribution is 2.30. The summed E-state index contributed by atoms with van der Waals surface area (Å²) < 4.78 is 12.4. The van der Waals surface area contributed by atoms with Crippen molar-refractivity contribution in [2.45, 2.75) is 13.2 Å². The molecule has 0 spiro atoms. The quantitative estimate of drug-likeness (QED) is 0.336. The number of carboxylic acids is 1. The maximum Gasteiger partial charge on any atom is 0.354 e. The van der Waals surface area contributed by atoms with Crippen LogP contribution in [-0.4, -0.2) is 21.0 Å². The van der Waals surface area contributed by atoms with E-state index >= 15 is 0 Å². The van der Waals surface area contributed by atoms with Crippen molar-refractivity contribution in [1.29, 1.82) is 0 Å². The molecule has 0 bridgehead atoms. The third-order valence-electron chi connectivity index (χ3n) is 4.56. The lowest BCUT2D eigenvalue weighted by Gasteiger charge is -2.14. The molecule has 32 heavy (non-hydrogen) atoms. The first-order chi connectivity index (χ1) is 15.6. The first kappa shape index (κ1) is 20.8. The van der Waals surface area contributed by atoms with Gasteiger partial charge in [0, 0.05) is 6.20 Å². The number of rotatable bonds is 8. The van der Waals surface area contributed by atoms with Gasteiger partial charge in [0.2, 0.25) is 17.8 Å². The number of nitrogens with zero attached hydrogens (tertiary/aromatic N) is 3. The standard InChI is InChI=1S/C24H19N3O5/c28-24(29)19-11-12-25-23(26-19)20-13-21(31-15-17-7-3-1-4-8-17)22(14-27(20)30)32-16-18-9-5-2-6-10-18/h1-14H,15-16H2,(H,28,29). The lowest BCUT2D eigenvalue weighted by atomic mass is 10.2. The van der Waals surface area contributed by atoms with Gasteiger partial charge in [0.25, 0.3) is 5.69 Å². The number of pyridine rings is 1. The van der Waals surface area contributed by atoms with E-state index in [-0.39, 0.29) is 36.2 Å². The number of aromatic carboxylic acids is 1. The Balaban J connectivity index is 1.67. The summed E-state index contributed by atoms with van der Waals surface area (Å²) in [6, 6.07) is 21.8. The van der Waals surface area contributed by atoms with Crippen molar-refractivity contribution in [2.24, 2.45) is 0 Å². The van der Waals surface area contributed by atoms with Gasteiger partial charge in [-0.3, -0.25) is 0 Å². The van der Waals surface area contributed by atoms with Crippen LogP contribution in [0.3, 0.4) is 0 Å². The molecule has 2 aromatic carbocycles. The second kappa shape index (κ2) is 9.57. The minimum atomic E-state index is -1.21. The smallest absolute Gasteiger partial charge is 0.354 e. The minimum Gasteiger partial charge on any atom is -0.618 e. The number of ether oxygens (including phenoxy) is 2. The second-order valence-electron chi connectivity index (χ2n) is 6.83. The lowest BCUT2D eigenvalue weighted by Crippen LogP contribution is -2.30. The Bertz CT molecular complexity index is 1220. The molecule has 8 heteroatoms. The zero-order valence-corrected chi connectivity index (χ0v) is 16.9. The zero-order chi connectivity index (χ0) is 22.3. The summed E-state index contributed by atoms with van der Waals surface area (Å²) in [6.07, 6.45) is 2.52. The van der Waals surface area contributed by atoms with Crippen LogP contribution in [0.4, 0.5) is 0 Å². The number of carbonyl (C=O) groups is 1. The van der Waals surface area contributed by atoms with Gasteiger partial charge in [-0.25, -0.2) is 14.8 Å². The van der Waals surface area contributed by atoms with Gasteiger partial charge in [0.1, 0.15) is 13.2 Å². The van der Waals surface area contributed by atoms with Gasteiger partial charge in [-0.15, -0.1) is 0 Å². The van der Waals surface area contributed by atoms with Crippen LogP contribution < -0.4 is 14.2 Å². The van der Waals surface area contributed by atoms with Gasteiger partial charge in [0.05, 0.1) is 6.07 Å². The minimum absolute atomic E-state index is 0.0286. The molecule has 0 amide bonds. The normalized spacial score (nSPS) is 10.5. The van der Waals surface area contributed by atoms with Crippen LogP contribution in [0.25, 0.3) is 11.5 Å². The molecule has 0 aliphatic heterocycles. The van der Waals surface area contributed by atoms with Crippen molar-refractivity contribution in [1.82, 2.24) is 9.97 Å². The summed E-state index contributed by atoms with van der Waals surface area (Å²) >= 11 is 0. The average molecular weight is 429 g/mol. The molecule has 0 fully saturated rings. The summed E-state index contributed by atoms with van der Waals surface area (Å²) in [4.78, 5) is 19.3. The third-order valence-corrected chi connectivity index (χ3v) is 4.56. The van der Waals surface area contributed by atoms with Crippen molar-refractivity contribution in [2.75, 3.05) is 0 Å². The SMILES string of the molecule is O=C(O)c1ccnc(-c2cc(OCc3ccccc3)c(OCc3ccccc3)c[n+]2[O-])n1. The fourth-order valence-corrected chi connectivity index (χ4v) is 2.95. The van der Waals surface area contributed by atoms with Gasteiger partial charge < -0.3 is 19.8 Å². The molecular weight excluding hydrogens is 410 g/mol. The molecule has 0 aliphatic carbocycles. The van der Waals surface area contributed by atoms with Crippen LogP contribution in [0.2, 0.25) is 0 Å². The molecule has 2 aromatic heterocycles. The van der Waals surface area contributed by atoms with Gasteiger partial charge >= 0.3 is 5.97 Å². The van der Waals surface area contributed by atoms with Gasteiger partial charge in [-0.2, -0.15) is 4.73 Å². The molecule has 0 radical (unpaired) electrons. The molecule has 0 saturated heterocycles. The van der Waals surface area contributed by atoms with Crippen molar-refractivity contribution < 1.29 is 24.1 Å². The van der Waals surface area contributed by atoms with E-state index in [1.807, 2.05) is 60.7 Å². The summed E-state index contributed by atoms with van der Waals surface area (Å²) in [7, 11) is 0. The van der Waals surface area contributed by atoms with Crippen molar-refractivity contribution in [3.8, 4) is 23.0 Å². The van der Waals surface area contributed by atoms with Crippen LogP contribution in [0.15, 0.2) is 85.2 Å². The molecule has 2 heterocycles. The highest BCUT2D eigenvalue weighted by molar-refractivity contribution is 5.85. The molecule has 4 aromatic rings. The number of aromatic nitrogens is 3. The summed E-state index contributed by atoms with van der Waals surface area (Å²) in [6.45, 7) is 0.494. The van der Waals surface area contributed by atoms with E-state index in [0.717, 1.165) is 11.1 Å². The molecule has 8 nitrogen and oxygen atoms in total. The Morgan fingerprint density at radius 3 is 2.09 bits per heavy atom. The molecule has 1 N–H and O–H groups in total. The first-order valence-corrected chi connectivity index (χ1v) is 9.77. The number of hydrogen-bond donors (Lipinski definition) is 1. The number of carboxylic acid groups (broad SMARTS) is 1. The second-order valence-corrected chi connectivity index (χ2v) is 6.83. The maximum atomic E-state index is 12.7. The fourth-order valence-electron chi connectivity index (χ4n) is 2.95. The van der Waals surface area contributed by atoms with Crippen LogP contribution in [0.5, 0.6) is 11.5 Å². The van der Waals surface area contributed by atoms with E-state index in [9.17, 15) is 15.1 Å². The van der Waals surface area contributed by atoms with E-state index in [1.165, 1.54) is 24.5 Å². The highest BCUT2D eigenvalue weighted by atomic mass is 16.5. The van der Waals surface area contributed by atoms with Crippen LogP contribution in [-0.2, 0) is 13.2 Å². The van der Waals surface area contributed by atoms with Crippen LogP contribution in [0, 0.1) is 5.21 Å². The van der Waals surface area contributed by atoms with E-state index in [4.69, 9.17) is 9.47 Å². The predicted octanol–water partition coefficient (Wildman–Crippen LogP) is 3.63. The summed E-state index contributed by atoms with van der Waals surface area (Å²) in [5.41, 5.74) is 1.70. The predicted molar refractivity (Wildman–Crippen MR) is 115 cm³/mol. The van der Waals surface area contributed by atoms with E-state index in [0.29, 0.717) is 10.5 Å². The Morgan fingerprint density at radius 1 is 0.906 bits per heavy atom.